The Labute approximate surface area is 158 Å². The molecular formula is C20H33N3O2S. The van der Waals surface area contributed by atoms with E-state index < -0.39 is 10.0 Å². The molecule has 1 heterocycles. The van der Waals surface area contributed by atoms with Crippen LogP contribution in [0.5, 0.6) is 0 Å². The van der Waals surface area contributed by atoms with Crippen molar-refractivity contribution in [2.45, 2.75) is 68.5 Å². The second-order valence-corrected chi connectivity index (χ2v) is 9.84. The van der Waals surface area contributed by atoms with E-state index in [9.17, 15) is 8.42 Å². The van der Waals surface area contributed by atoms with Crippen LogP contribution in [0.4, 0.5) is 0 Å². The first-order chi connectivity index (χ1) is 12.4. The molecule has 2 fully saturated rings. The smallest absolute Gasteiger partial charge is 0.240 e. The summed E-state index contributed by atoms with van der Waals surface area (Å²) in [6, 6.07) is 8.13. The van der Waals surface area contributed by atoms with Gasteiger partial charge in [0, 0.05) is 18.1 Å². The highest BCUT2D eigenvalue weighted by Crippen LogP contribution is 2.28. The van der Waals surface area contributed by atoms with Crippen LogP contribution >= 0.6 is 0 Å². The molecule has 2 atom stereocenters. The van der Waals surface area contributed by atoms with Crippen LogP contribution in [-0.4, -0.2) is 63.5 Å². The van der Waals surface area contributed by atoms with Crippen molar-refractivity contribution < 1.29 is 8.42 Å². The molecule has 0 aromatic heterocycles. The molecule has 2 aliphatic rings. The first-order valence-corrected chi connectivity index (χ1v) is 11.3. The Bertz CT molecular complexity index is 680. The quantitative estimate of drug-likeness (QED) is 0.854. The maximum absolute atomic E-state index is 12.8. The summed E-state index contributed by atoms with van der Waals surface area (Å²) >= 11 is 0. The number of hydrogen-bond donors (Lipinski definition) is 1. The zero-order chi connectivity index (χ0) is 18.7. The van der Waals surface area contributed by atoms with Gasteiger partial charge in [0.1, 0.15) is 0 Å². The molecule has 0 bridgehead atoms. The van der Waals surface area contributed by atoms with Gasteiger partial charge in [-0.25, -0.2) is 13.1 Å². The molecular weight excluding hydrogens is 346 g/mol. The van der Waals surface area contributed by atoms with Gasteiger partial charge in [-0.2, -0.15) is 0 Å². The molecule has 0 radical (unpaired) electrons. The highest BCUT2D eigenvalue weighted by atomic mass is 32.2. The molecule has 1 saturated heterocycles. The minimum Gasteiger partial charge on any atom is -0.306 e. The number of sulfonamides is 1. The molecule has 6 heteroatoms. The average Bonchev–Trinajstić information content (AvgIpc) is 2.62. The van der Waals surface area contributed by atoms with Gasteiger partial charge in [-0.15, -0.1) is 0 Å². The third-order valence-electron chi connectivity index (χ3n) is 6.07. The van der Waals surface area contributed by atoms with Crippen molar-refractivity contribution >= 4 is 10.0 Å². The largest absolute Gasteiger partial charge is 0.306 e. The second-order valence-electron chi connectivity index (χ2n) is 8.12. The van der Waals surface area contributed by atoms with Gasteiger partial charge >= 0.3 is 0 Å². The number of aryl methyl sites for hydroxylation is 1. The van der Waals surface area contributed by atoms with Crippen molar-refractivity contribution in [1.29, 1.82) is 0 Å². The van der Waals surface area contributed by atoms with E-state index in [2.05, 4.69) is 28.6 Å². The van der Waals surface area contributed by atoms with Gasteiger partial charge in [-0.05, 0) is 71.9 Å². The van der Waals surface area contributed by atoms with Crippen LogP contribution in [0.25, 0.3) is 0 Å². The van der Waals surface area contributed by atoms with E-state index in [-0.39, 0.29) is 6.04 Å². The lowest BCUT2D eigenvalue weighted by atomic mass is 9.88. The van der Waals surface area contributed by atoms with Crippen molar-refractivity contribution in [3.05, 3.63) is 29.8 Å². The molecule has 26 heavy (non-hydrogen) atoms. The SMILES string of the molecule is Cc1ccc(S(=O)(=O)N[C@@H]2CCCC[C@H]2N2CCC(N(C)C)CC2)cc1. The van der Waals surface area contributed by atoms with E-state index in [1.165, 1.54) is 19.3 Å². The Morgan fingerprint density at radius 2 is 1.62 bits per heavy atom. The molecule has 1 aromatic carbocycles. The van der Waals surface area contributed by atoms with E-state index in [0.29, 0.717) is 17.0 Å². The Balaban J connectivity index is 1.68. The number of nitrogens with one attached hydrogen (secondary N) is 1. The van der Waals surface area contributed by atoms with E-state index in [1.807, 2.05) is 19.1 Å². The predicted molar refractivity (Wildman–Crippen MR) is 106 cm³/mol. The average molecular weight is 380 g/mol. The summed E-state index contributed by atoms with van der Waals surface area (Å²) in [5, 5.41) is 0. The highest BCUT2D eigenvalue weighted by molar-refractivity contribution is 7.89. The third kappa shape index (κ3) is 4.66. The summed E-state index contributed by atoms with van der Waals surface area (Å²) in [7, 11) is 0.847. The Hall–Kier alpha value is -0.950. The van der Waals surface area contributed by atoms with Crippen LogP contribution < -0.4 is 4.72 Å². The first kappa shape index (κ1) is 19.8. The van der Waals surface area contributed by atoms with Crippen LogP contribution in [0.3, 0.4) is 0 Å². The monoisotopic (exact) mass is 379 g/mol. The summed E-state index contributed by atoms with van der Waals surface area (Å²) < 4.78 is 28.7. The molecule has 1 saturated carbocycles. The molecule has 0 spiro atoms. The van der Waals surface area contributed by atoms with E-state index >= 15 is 0 Å². The first-order valence-electron chi connectivity index (χ1n) is 9.86. The Kier molecular flexibility index (Phi) is 6.38. The predicted octanol–water partition coefficient (Wildman–Crippen LogP) is 2.61. The standard InChI is InChI=1S/C20H33N3O2S/c1-16-8-10-18(11-9-16)26(24,25)21-19-6-4-5-7-20(19)23-14-12-17(13-15-23)22(2)3/h8-11,17,19-21H,4-7,12-15H2,1-3H3/t19-,20-/m1/s1. The molecule has 1 aliphatic heterocycles. The fraction of sp³-hybridized carbons (Fsp3) is 0.700. The molecule has 1 aromatic rings. The lowest BCUT2D eigenvalue weighted by molar-refractivity contribution is 0.0759. The summed E-state index contributed by atoms with van der Waals surface area (Å²) in [6.07, 6.45) is 6.66. The minimum absolute atomic E-state index is 0.0194. The fourth-order valence-corrected chi connectivity index (χ4v) is 5.71. The third-order valence-corrected chi connectivity index (χ3v) is 7.57. The van der Waals surface area contributed by atoms with E-state index in [4.69, 9.17) is 0 Å². The molecule has 1 N–H and O–H groups in total. The fourth-order valence-electron chi connectivity index (χ4n) is 4.40. The molecule has 3 rings (SSSR count). The number of benzene rings is 1. The van der Waals surface area contributed by atoms with Crippen LogP contribution in [0.15, 0.2) is 29.2 Å². The normalized spacial score (nSPS) is 26.3. The molecule has 146 valence electrons. The number of nitrogens with zero attached hydrogens (tertiary/aromatic N) is 2. The molecule has 0 amide bonds. The van der Waals surface area contributed by atoms with Gasteiger partial charge in [0.15, 0.2) is 0 Å². The number of likely N-dealkylation sites (tertiary alicyclic amines) is 1. The minimum atomic E-state index is -3.46. The highest BCUT2D eigenvalue weighted by Gasteiger charge is 2.35. The summed E-state index contributed by atoms with van der Waals surface area (Å²) in [5.41, 5.74) is 1.07. The maximum Gasteiger partial charge on any atom is 0.240 e. The van der Waals surface area contributed by atoms with Crippen LogP contribution in [0.2, 0.25) is 0 Å². The number of hydrogen-bond acceptors (Lipinski definition) is 4. The zero-order valence-corrected chi connectivity index (χ0v) is 17.1. The van der Waals surface area contributed by atoms with Gasteiger partial charge in [-0.1, -0.05) is 30.5 Å². The Morgan fingerprint density at radius 1 is 1.00 bits per heavy atom. The van der Waals surface area contributed by atoms with Gasteiger partial charge in [0.2, 0.25) is 10.0 Å². The van der Waals surface area contributed by atoms with Crippen LogP contribution in [-0.2, 0) is 10.0 Å². The van der Waals surface area contributed by atoms with Gasteiger partial charge in [-0.3, -0.25) is 4.90 Å². The van der Waals surface area contributed by atoms with Gasteiger partial charge < -0.3 is 4.90 Å². The van der Waals surface area contributed by atoms with Crippen molar-refractivity contribution in [1.82, 2.24) is 14.5 Å². The van der Waals surface area contributed by atoms with E-state index in [1.54, 1.807) is 12.1 Å². The second kappa shape index (κ2) is 8.38. The van der Waals surface area contributed by atoms with Crippen molar-refractivity contribution in [2.75, 3.05) is 27.2 Å². The Morgan fingerprint density at radius 3 is 2.23 bits per heavy atom. The van der Waals surface area contributed by atoms with Gasteiger partial charge in [0.25, 0.3) is 0 Å². The lowest BCUT2D eigenvalue weighted by Gasteiger charge is -2.44. The summed E-state index contributed by atoms with van der Waals surface area (Å²) in [6.45, 7) is 4.10. The molecule has 5 nitrogen and oxygen atoms in total. The maximum atomic E-state index is 12.8. The number of rotatable bonds is 5. The number of piperidine rings is 1. The lowest BCUT2D eigenvalue weighted by Crippen LogP contribution is -2.56. The van der Waals surface area contributed by atoms with E-state index in [0.717, 1.165) is 37.9 Å². The molecule has 0 unspecified atom stereocenters. The summed E-state index contributed by atoms with van der Waals surface area (Å²) in [4.78, 5) is 5.22. The zero-order valence-electron chi connectivity index (χ0n) is 16.3. The summed E-state index contributed by atoms with van der Waals surface area (Å²) in [5.74, 6) is 0. The van der Waals surface area contributed by atoms with Crippen molar-refractivity contribution in [2.24, 2.45) is 0 Å². The van der Waals surface area contributed by atoms with Crippen LogP contribution in [0, 0.1) is 6.92 Å². The van der Waals surface area contributed by atoms with Crippen molar-refractivity contribution in [3.8, 4) is 0 Å². The topological polar surface area (TPSA) is 52.7 Å². The molecule has 1 aliphatic carbocycles. The van der Waals surface area contributed by atoms with Crippen LogP contribution in [0.1, 0.15) is 44.1 Å². The van der Waals surface area contributed by atoms with Crippen molar-refractivity contribution in [3.63, 3.8) is 0 Å². The van der Waals surface area contributed by atoms with Gasteiger partial charge in [0.05, 0.1) is 4.90 Å².